The van der Waals surface area contributed by atoms with Gasteiger partial charge in [0.05, 0.1) is 13.5 Å². The van der Waals surface area contributed by atoms with Crippen LogP contribution in [0.15, 0.2) is 0 Å². The molecule has 1 N–H and O–H groups in total. The maximum absolute atomic E-state index is 13.2. The average Bonchev–Trinajstić information content (AvgIpc) is 2.43. The number of hydrogen-bond donors (Lipinski definition) is 1. The number of rotatable bonds is 4. The lowest BCUT2D eigenvalue weighted by Gasteiger charge is -2.08. The summed E-state index contributed by atoms with van der Waals surface area (Å²) in [5, 5.41) is 1.84. The first-order valence-corrected chi connectivity index (χ1v) is 5.17. The van der Waals surface area contributed by atoms with E-state index in [1.54, 1.807) is 0 Å². The summed E-state index contributed by atoms with van der Waals surface area (Å²) in [6.45, 7) is -0.384. The van der Waals surface area contributed by atoms with Gasteiger partial charge in [0, 0.05) is 6.54 Å². The predicted octanol–water partition coefficient (Wildman–Crippen LogP) is 1.68. The molecule has 0 heterocycles. The summed E-state index contributed by atoms with van der Waals surface area (Å²) in [7, 11) is 1.08. The van der Waals surface area contributed by atoms with E-state index >= 15 is 0 Å². The molecule has 9 heteroatoms. The van der Waals surface area contributed by atoms with Gasteiger partial charge in [-0.1, -0.05) is 0 Å². The molecule has 0 spiro atoms. The number of nitrogens with one attached hydrogen (secondary N) is 1. The molecule has 0 atom stereocenters. The van der Waals surface area contributed by atoms with Gasteiger partial charge in [-0.2, -0.15) is 0 Å². The van der Waals surface area contributed by atoms with Crippen LogP contribution in [0.3, 0.4) is 0 Å². The topological polar surface area (TPSA) is 55.4 Å². The number of carbonyl (C=O) groups excluding carboxylic acids is 2. The van der Waals surface area contributed by atoms with Gasteiger partial charge < -0.3 is 10.1 Å². The number of halogens is 5. The Bertz CT molecular complexity index is 532. The number of carbonyl (C=O) groups is 2. The van der Waals surface area contributed by atoms with Crippen LogP contribution in [0, 0.1) is 29.1 Å². The van der Waals surface area contributed by atoms with E-state index in [0.717, 1.165) is 7.11 Å². The minimum Gasteiger partial charge on any atom is -0.469 e. The Hall–Kier alpha value is -2.19. The zero-order valence-electron chi connectivity index (χ0n) is 10.0. The third kappa shape index (κ3) is 3.03. The van der Waals surface area contributed by atoms with Crippen LogP contribution in [0.4, 0.5) is 22.0 Å². The first-order chi connectivity index (χ1) is 9.31. The van der Waals surface area contributed by atoms with Crippen molar-refractivity contribution in [2.24, 2.45) is 0 Å². The summed E-state index contributed by atoms with van der Waals surface area (Å²) in [6.07, 6.45) is -0.322. The zero-order chi connectivity index (χ0) is 15.4. The van der Waals surface area contributed by atoms with Gasteiger partial charge in [-0.3, -0.25) is 9.59 Å². The van der Waals surface area contributed by atoms with E-state index in [9.17, 15) is 31.5 Å². The average molecular weight is 297 g/mol. The SMILES string of the molecule is COC(=O)CCNC(=O)c1c(F)c(F)c(F)c(F)c1F. The Balaban J connectivity index is 2.97. The molecule has 20 heavy (non-hydrogen) atoms. The Morgan fingerprint density at radius 1 is 0.950 bits per heavy atom. The molecule has 1 aromatic carbocycles. The molecule has 0 saturated carbocycles. The van der Waals surface area contributed by atoms with Gasteiger partial charge in [0.15, 0.2) is 23.3 Å². The second kappa shape index (κ2) is 6.31. The summed E-state index contributed by atoms with van der Waals surface area (Å²) in [5.74, 6) is -13.5. The number of amides is 1. The predicted molar refractivity (Wildman–Crippen MR) is 55.2 cm³/mol. The van der Waals surface area contributed by atoms with E-state index in [2.05, 4.69) is 4.74 Å². The molecule has 0 radical (unpaired) electrons. The molecule has 4 nitrogen and oxygen atoms in total. The molecule has 1 aromatic rings. The molecular formula is C11H8F5NO3. The molecule has 0 fully saturated rings. The molecular weight excluding hydrogens is 289 g/mol. The van der Waals surface area contributed by atoms with Crippen LogP contribution in [0.5, 0.6) is 0 Å². The Morgan fingerprint density at radius 2 is 1.40 bits per heavy atom. The van der Waals surface area contributed by atoms with E-state index < -0.39 is 46.5 Å². The molecule has 0 aliphatic carbocycles. The zero-order valence-corrected chi connectivity index (χ0v) is 10.0. The highest BCUT2D eigenvalue weighted by Crippen LogP contribution is 2.22. The number of benzene rings is 1. The highest BCUT2D eigenvalue weighted by molar-refractivity contribution is 5.95. The fourth-order valence-electron chi connectivity index (χ4n) is 1.27. The van der Waals surface area contributed by atoms with Gasteiger partial charge in [0.25, 0.3) is 5.91 Å². The van der Waals surface area contributed by atoms with E-state index in [1.165, 1.54) is 0 Å². The van der Waals surface area contributed by atoms with Crippen molar-refractivity contribution in [3.8, 4) is 0 Å². The van der Waals surface area contributed by atoms with Crippen LogP contribution in [0.25, 0.3) is 0 Å². The lowest BCUT2D eigenvalue weighted by atomic mass is 10.1. The largest absolute Gasteiger partial charge is 0.469 e. The van der Waals surface area contributed by atoms with E-state index in [1.807, 2.05) is 5.32 Å². The molecule has 0 aromatic heterocycles. The number of methoxy groups -OCH3 is 1. The summed E-state index contributed by atoms with van der Waals surface area (Å²) >= 11 is 0. The fourth-order valence-corrected chi connectivity index (χ4v) is 1.27. The maximum atomic E-state index is 13.2. The van der Waals surface area contributed by atoms with Crippen molar-refractivity contribution in [1.29, 1.82) is 0 Å². The maximum Gasteiger partial charge on any atom is 0.307 e. The van der Waals surface area contributed by atoms with Crippen molar-refractivity contribution in [1.82, 2.24) is 5.32 Å². The molecule has 0 aliphatic heterocycles. The molecule has 0 unspecified atom stereocenters. The highest BCUT2D eigenvalue weighted by Gasteiger charge is 2.29. The second-order valence-corrected chi connectivity index (χ2v) is 3.53. The molecule has 0 bridgehead atoms. The monoisotopic (exact) mass is 297 g/mol. The van der Waals surface area contributed by atoms with Gasteiger partial charge in [0.1, 0.15) is 5.56 Å². The molecule has 1 rings (SSSR count). The number of esters is 1. The van der Waals surface area contributed by atoms with Crippen LogP contribution in [-0.4, -0.2) is 25.5 Å². The van der Waals surface area contributed by atoms with E-state index in [4.69, 9.17) is 0 Å². The van der Waals surface area contributed by atoms with Crippen molar-refractivity contribution in [2.75, 3.05) is 13.7 Å². The first kappa shape index (κ1) is 15.9. The molecule has 1 amide bonds. The van der Waals surface area contributed by atoms with Gasteiger partial charge in [-0.25, -0.2) is 22.0 Å². The third-order valence-corrected chi connectivity index (χ3v) is 2.28. The van der Waals surface area contributed by atoms with Crippen LogP contribution in [-0.2, 0) is 9.53 Å². The van der Waals surface area contributed by atoms with E-state index in [-0.39, 0.29) is 13.0 Å². The lowest BCUT2D eigenvalue weighted by molar-refractivity contribution is -0.140. The van der Waals surface area contributed by atoms with Crippen molar-refractivity contribution in [3.05, 3.63) is 34.6 Å². The number of hydrogen-bond acceptors (Lipinski definition) is 3. The van der Waals surface area contributed by atoms with Crippen LogP contribution in [0.1, 0.15) is 16.8 Å². The summed E-state index contributed by atoms with van der Waals surface area (Å²) in [6, 6.07) is 0. The van der Waals surface area contributed by atoms with Crippen molar-refractivity contribution in [2.45, 2.75) is 6.42 Å². The fraction of sp³-hybridized carbons (Fsp3) is 0.273. The van der Waals surface area contributed by atoms with Gasteiger partial charge in [-0.15, -0.1) is 0 Å². The minimum absolute atomic E-state index is 0.322. The first-order valence-electron chi connectivity index (χ1n) is 5.17. The smallest absolute Gasteiger partial charge is 0.307 e. The van der Waals surface area contributed by atoms with Crippen molar-refractivity contribution in [3.63, 3.8) is 0 Å². The third-order valence-electron chi connectivity index (χ3n) is 2.28. The van der Waals surface area contributed by atoms with Gasteiger partial charge in [-0.05, 0) is 0 Å². The van der Waals surface area contributed by atoms with Gasteiger partial charge >= 0.3 is 5.97 Å². The molecule has 0 aliphatic rings. The second-order valence-electron chi connectivity index (χ2n) is 3.53. The number of ether oxygens (including phenoxy) is 1. The summed E-state index contributed by atoms with van der Waals surface area (Å²) in [5.41, 5.74) is -1.61. The minimum atomic E-state index is -2.36. The molecule has 0 saturated heterocycles. The van der Waals surface area contributed by atoms with Crippen molar-refractivity contribution < 1.29 is 36.3 Å². The Morgan fingerprint density at radius 3 is 1.85 bits per heavy atom. The molecule has 110 valence electrons. The van der Waals surface area contributed by atoms with Crippen LogP contribution in [0.2, 0.25) is 0 Å². The van der Waals surface area contributed by atoms with E-state index in [0.29, 0.717) is 0 Å². The quantitative estimate of drug-likeness (QED) is 0.398. The van der Waals surface area contributed by atoms with Crippen molar-refractivity contribution >= 4 is 11.9 Å². The van der Waals surface area contributed by atoms with Crippen LogP contribution < -0.4 is 5.32 Å². The Labute approximate surface area is 109 Å². The normalized spacial score (nSPS) is 10.3. The van der Waals surface area contributed by atoms with Crippen LogP contribution >= 0.6 is 0 Å². The Kier molecular flexibility index (Phi) is 5.00. The van der Waals surface area contributed by atoms with Gasteiger partial charge in [0.2, 0.25) is 5.82 Å². The highest BCUT2D eigenvalue weighted by atomic mass is 19.2. The lowest BCUT2D eigenvalue weighted by Crippen LogP contribution is -2.29. The summed E-state index contributed by atoms with van der Waals surface area (Å²) in [4.78, 5) is 22.1. The standard InChI is InChI=1S/C11H8F5NO3/c1-20-4(18)2-3-17-11(19)5-6(12)8(14)10(16)9(15)7(5)13/h2-3H2,1H3,(H,17,19). The summed E-state index contributed by atoms with van der Waals surface area (Å²) < 4.78 is 69.1.